The number of fused-ring (bicyclic) bond motifs is 2. The molecule has 7 nitrogen and oxygen atoms in total. The van der Waals surface area contributed by atoms with Crippen LogP contribution in [0.3, 0.4) is 0 Å². The Morgan fingerprint density at radius 3 is 2.72 bits per heavy atom. The van der Waals surface area contributed by atoms with Crippen molar-refractivity contribution in [2.24, 2.45) is 0 Å². The molecule has 1 aromatic heterocycles. The number of para-hydroxylation sites is 1. The standard InChI is InChI=1S/C25H23NO6/c1-2-29-25(28)21-22(32-20-15-31-19-12-13-30-23(19)20)17-10-6-7-11-18(17)26(24(21)27)14-16-8-4-3-5-9-16/h3-13,19-20,23H,2,14-15H2,1H3/t19-,20?,23+/m1/s1. The second kappa shape index (κ2) is 8.51. The molecular formula is C25H23NO6. The Morgan fingerprint density at radius 2 is 1.91 bits per heavy atom. The van der Waals surface area contributed by atoms with Crippen LogP contribution in [0.15, 0.2) is 71.7 Å². The molecule has 0 N–H and O–H groups in total. The molecule has 0 saturated carbocycles. The number of hydrogen-bond acceptors (Lipinski definition) is 6. The van der Waals surface area contributed by atoms with Gasteiger partial charge in [0.2, 0.25) is 0 Å². The van der Waals surface area contributed by atoms with E-state index in [0.717, 1.165) is 5.56 Å². The summed E-state index contributed by atoms with van der Waals surface area (Å²) in [5.74, 6) is -0.501. The molecule has 0 aliphatic carbocycles. The molecule has 1 saturated heterocycles. The summed E-state index contributed by atoms with van der Waals surface area (Å²) in [6, 6.07) is 17.0. The van der Waals surface area contributed by atoms with Gasteiger partial charge in [-0.1, -0.05) is 42.5 Å². The predicted octanol–water partition coefficient (Wildman–Crippen LogP) is 3.29. The van der Waals surface area contributed by atoms with Gasteiger partial charge in [-0.15, -0.1) is 0 Å². The summed E-state index contributed by atoms with van der Waals surface area (Å²) in [5, 5.41) is 0.653. The van der Waals surface area contributed by atoms with E-state index in [9.17, 15) is 9.59 Å². The van der Waals surface area contributed by atoms with Gasteiger partial charge in [-0.3, -0.25) is 4.79 Å². The highest BCUT2D eigenvalue weighted by Crippen LogP contribution is 2.33. The maximum Gasteiger partial charge on any atom is 0.347 e. The van der Waals surface area contributed by atoms with E-state index in [0.29, 0.717) is 24.1 Å². The largest absolute Gasteiger partial charge is 0.491 e. The Hall–Kier alpha value is -3.58. The monoisotopic (exact) mass is 433 g/mol. The summed E-state index contributed by atoms with van der Waals surface area (Å²) < 4.78 is 24.5. The highest BCUT2D eigenvalue weighted by atomic mass is 16.6. The van der Waals surface area contributed by atoms with Crippen LogP contribution in [0, 0.1) is 0 Å². The molecular weight excluding hydrogens is 410 g/mol. The number of hydrogen-bond donors (Lipinski definition) is 0. The topological polar surface area (TPSA) is 76.0 Å². The van der Waals surface area contributed by atoms with Crippen LogP contribution >= 0.6 is 0 Å². The number of benzene rings is 2. The first-order valence-electron chi connectivity index (χ1n) is 10.6. The van der Waals surface area contributed by atoms with Crippen LogP contribution in [0.2, 0.25) is 0 Å². The third kappa shape index (κ3) is 3.54. The van der Waals surface area contributed by atoms with E-state index >= 15 is 0 Å². The number of pyridine rings is 1. The van der Waals surface area contributed by atoms with Crippen molar-refractivity contribution in [3.63, 3.8) is 0 Å². The zero-order chi connectivity index (χ0) is 22.1. The van der Waals surface area contributed by atoms with Crippen molar-refractivity contribution in [1.82, 2.24) is 4.57 Å². The van der Waals surface area contributed by atoms with E-state index in [1.54, 1.807) is 17.8 Å². The van der Waals surface area contributed by atoms with Crippen LogP contribution in [-0.4, -0.2) is 42.1 Å². The van der Waals surface area contributed by atoms with Crippen molar-refractivity contribution in [2.75, 3.05) is 13.2 Å². The van der Waals surface area contributed by atoms with Gasteiger partial charge in [0.25, 0.3) is 5.56 Å². The molecule has 5 rings (SSSR count). The summed E-state index contributed by atoms with van der Waals surface area (Å²) >= 11 is 0. The normalized spacial score (nSPS) is 21.3. The van der Waals surface area contributed by atoms with Crippen molar-refractivity contribution in [1.29, 1.82) is 0 Å². The summed E-state index contributed by atoms with van der Waals surface area (Å²) in [5.41, 5.74) is 1.05. The van der Waals surface area contributed by atoms with Gasteiger partial charge >= 0.3 is 5.97 Å². The van der Waals surface area contributed by atoms with E-state index in [1.165, 1.54) is 0 Å². The lowest BCUT2D eigenvalue weighted by molar-refractivity contribution is 0.0482. The average Bonchev–Trinajstić information content (AvgIpc) is 3.42. The van der Waals surface area contributed by atoms with Gasteiger partial charge < -0.3 is 23.5 Å². The summed E-state index contributed by atoms with van der Waals surface area (Å²) in [7, 11) is 0. The quantitative estimate of drug-likeness (QED) is 0.556. The number of nitrogens with zero attached hydrogens (tertiary/aromatic N) is 1. The molecule has 1 fully saturated rings. The van der Waals surface area contributed by atoms with Crippen LogP contribution in [0.5, 0.6) is 5.75 Å². The molecule has 32 heavy (non-hydrogen) atoms. The number of ether oxygens (including phenoxy) is 4. The summed E-state index contributed by atoms with van der Waals surface area (Å²) in [6.45, 7) is 2.46. The molecule has 3 aromatic rings. The Bertz CT molecular complexity index is 1230. The number of carbonyl (C=O) groups is 1. The minimum absolute atomic E-state index is 0.115. The van der Waals surface area contributed by atoms with Crippen molar-refractivity contribution < 1.29 is 23.7 Å². The molecule has 7 heteroatoms. The van der Waals surface area contributed by atoms with E-state index < -0.39 is 17.6 Å². The number of carbonyl (C=O) groups excluding carboxylic acids is 1. The van der Waals surface area contributed by atoms with Crippen LogP contribution in [0.4, 0.5) is 0 Å². The molecule has 3 atom stereocenters. The van der Waals surface area contributed by atoms with Gasteiger partial charge in [-0.25, -0.2) is 4.79 Å². The number of rotatable bonds is 6. The van der Waals surface area contributed by atoms with Crippen molar-refractivity contribution in [3.8, 4) is 5.75 Å². The minimum Gasteiger partial charge on any atom is -0.491 e. The molecule has 3 heterocycles. The summed E-state index contributed by atoms with van der Waals surface area (Å²) in [4.78, 5) is 26.6. The molecule has 0 bridgehead atoms. The first kappa shape index (κ1) is 20.3. The van der Waals surface area contributed by atoms with E-state index in [2.05, 4.69) is 0 Å². The first-order valence-corrected chi connectivity index (χ1v) is 10.6. The van der Waals surface area contributed by atoms with E-state index in [-0.39, 0.29) is 30.1 Å². The Kier molecular flexibility index (Phi) is 5.41. The molecule has 0 radical (unpaired) electrons. The maximum atomic E-state index is 13.6. The fourth-order valence-electron chi connectivity index (χ4n) is 4.21. The van der Waals surface area contributed by atoms with Crippen molar-refractivity contribution >= 4 is 16.9 Å². The number of esters is 1. The predicted molar refractivity (Wildman–Crippen MR) is 118 cm³/mol. The van der Waals surface area contributed by atoms with Gasteiger partial charge in [0.1, 0.15) is 11.9 Å². The fourth-order valence-corrected chi connectivity index (χ4v) is 4.21. The lowest BCUT2D eigenvalue weighted by atomic mass is 10.1. The van der Waals surface area contributed by atoms with Crippen LogP contribution < -0.4 is 10.3 Å². The number of aromatic nitrogens is 1. The highest BCUT2D eigenvalue weighted by Gasteiger charge is 2.42. The minimum atomic E-state index is -0.707. The van der Waals surface area contributed by atoms with Crippen LogP contribution in [0.1, 0.15) is 22.8 Å². The van der Waals surface area contributed by atoms with Gasteiger partial charge in [-0.2, -0.15) is 0 Å². The molecule has 2 aromatic carbocycles. The van der Waals surface area contributed by atoms with Crippen LogP contribution in [-0.2, 0) is 20.8 Å². The molecule has 0 spiro atoms. The van der Waals surface area contributed by atoms with Crippen molar-refractivity contribution in [3.05, 3.63) is 88.4 Å². The lowest BCUT2D eigenvalue weighted by Gasteiger charge is -2.22. The zero-order valence-electron chi connectivity index (χ0n) is 17.6. The fraction of sp³-hybridized carbons (Fsp3) is 0.280. The van der Waals surface area contributed by atoms with Gasteiger partial charge in [0.15, 0.2) is 17.8 Å². The van der Waals surface area contributed by atoms with Crippen molar-refractivity contribution in [2.45, 2.75) is 31.8 Å². The second-order valence-corrected chi connectivity index (χ2v) is 7.70. The second-order valence-electron chi connectivity index (χ2n) is 7.70. The molecule has 2 aliphatic rings. The third-order valence-corrected chi connectivity index (χ3v) is 5.70. The maximum absolute atomic E-state index is 13.6. The molecule has 1 unspecified atom stereocenters. The Balaban J connectivity index is 1.66. The SMILES string of the molecule is CCOC(=O)c1c(OC2CO[C@@H]3C=CO[C@H]23)c2ccccc2n(Cc2ccccc2)c1=O. The Labute approximate surface area is 184 Å². The van der Waals surface area contributed by atoms with Gasteiger partial charge in [0.05, 0.1) is 31.5 Å². The van der Waals surface area contributed by atoms with Gasteiger partial charge in [0, 0.05) is 5.39 Å². The van der Waals surface area contributed by atoms with E-state index in [1.807, 2.05) is 60.7 Å². The van der Waals surface area contributed by atoms with E-state index in [4.69, 9.17) is 18.9 Å². The zero-order valence-corrected chi connectivity index (χ0v) is 17.6. The third-order valence-electron chi connectivity index (χ3n) is 5.70. The average molecular weight is 433 g/mol. The van der Waals surface area contributed by atoms with Gasteiger partial charge in [-0.05, 0) is 30.7 Å². The first-order chi connectivity index (χ1) is 15.7. The smallest absolute Gasteiger partial charge is 0.347 e. The Morgan fingerprint density at radius 1 is 1.12 bits per heavy atom. The molecule has 164 valence electrons. The molecule has 2 aliphatic heterocycles. The van der Waals surface area contributed by atoms with Crippen LogP contribution in [0.25, 0.3) is 10.9 Å². The lowest BCUT2D eigenvalue weighted by Crippen LogP contribution is -2.35. The highest BCUT2D eigenvalue weighted by molar-refractivity contribution is 6.00. The molecule has 0 amide bonds. The summed E-state index contributed by atoms with van der Waals surface area (Å²) in [6.07, 6.45) is 2.44.